The molecule has 1 aromatic rings. The SMILES string of the molecule is C#C[C@@]1(O)CC[C@@H]2[C@H]3CCC4=CC(=NOCC(=O)NCc5ccco5)CC[C@]4(C)[C@H]3CC[C@]21C. The first kappa shape index (κ1) is 23.2. The topological polar surface area (TPSA) is 84.1 Å². The van der Waals surface area contributed by atoms with Gasteiger partial charge in [-0.1, -0.05) is 30.5 Å². The molecule has 1 heterocycles. The quantitative estimate of drug-likeness (QED) is 0.493. The molecule has 1 aromatic heterocycles. The molecule has 3 fully saturated rings. The minimum atomic E-state index is -0.951. The van der Waals surface area contributed by atoms with Gasteiger partial charge in [0.1, 0.15) is 11.4 Å². The third-order valence-electron chi connectivity index (χ3n) is 9.79. The number of carbonyl (C=O) groups excluding carboxylic acids is 1. The van der Waals surface area contributed by atoms with Gasteiger partial charge in [0.2, 0.25) is 0 Å². The van der Waals surface area contributed by atoms with Crippen LogP contribution in [0, 0.1) is 40.9 Å². The molecule has 34 heavy (non-hydrogen) atoms. The Balaban J connectivity index is 1.22. The molecule has 182 valence electrons. The van der Waals surface area contributed by atoms with Gasteiger partial charge in [0, 0.05) is 5.41 Å². The van der Waals surface area contributed by atoms with Crippen molar-refractivity contribution < 1.29 is 19.2 Å². The fraction of sp³-hybridized carbons (Fsp3) is 0.643. The third-order valence-corrected chi connectivity index (χ3v) is 9.79. The molecule has 4 aliphatic carbocycles. The van der Waals surface area contributed by atoms with Gasteiger partial charge in [-0.3, -0.25) is 4.79 Å². The van der Waals surface area contributed by atoms with E-state index in [0.29, 0.717) is 30.1 Å². The molecule has 0 radical (unpaired) electrons. The summed E-state index contributed by atoms with van der Waals surface area (Å²) in [6.45, 7) is 4.91. The zero-order chi connectivity index (χ0) is 24.0. The number of aliphatic hydroxyl groups is 1. The summed E-state index contributed by atoms with van der Waals surface area (Å²) in [4.78, 5) is 17.4. The number of hydrogen-bond acceptors (Lipinski definition) is 5. The van der Waals surface area contributed by atoms with Gasteiger partial charge >= 0.3 is 0 Å². The smallest absolute Gasteiger partial charge is 0.261 e. The standard InChI is InChI=1S/C28H36N2O4/c1-4-28(32)14-11-24-22-8-7-19-16-20(9-12-26(19,2)23(22)10-13-27(24,28)3)30-34-18-25(31)29-17-21-6-5-15-33-21/h1,5-6,15-16,22-24,32H,7-14,17-18H2,2-3H3,(H,29,31)/t22-,23-,24+,26-,27+,28+/m0/s1. The van der Waals surface area contributed by atoms with E-state index in [1.165, 1.54) is 5.57 Å². The van der Waals surface area contributed by atoms with E-state index >= 15 is 0 Å². The lowest BCUT2D eigenvalue weighted by Crippen LogP contribution is -2.54. The van der Waals surface area contributed by atoms with E-state index < -0.39 is 5.60 Å². The summed E-state index contributed by atoms with van der Waals surface area (Å²) in [6, 6.07) is 3.61. The van der Waals surface area contributed by atoms with Crippen LogP contribution in [0.2, 0.25) is 0 Å². The maximum absolute atomic E-state index is 12.0. The van der Waals surface area contributed by atoms with Gasteiger partial charge in [-0.25, -0.2) is 0 Å². The molecule has 1 amide bonds. The minimum absolute atomic E-state index is 0.103. The number of oxime groups is 1. The van der Waals surface area contributed by atoms with Crippen LogP contribution in [0.15, 0.2) is 39.6 Å². The Morgan fingerprint density at radius 3 is 2.85 bits per heavy atom. The van der Waals surface area contributed by atoms with Crippen LogP contribution >= 0.6 is 0 Å². The number of terminal acetylenes is 1. The highest BCUT2D eigenvalue weighted by molar-refractivity contribution is 5.96. The molecule has 6 atom stereocenters. The Hall–Kier alpha value is -2.52. The monoisotopic (exact) mass is 464 g/mol. The number of hydrogen-bond donors (Lipinski definition) is 2. The van der Waals surface area contributed by atoms with Crippen molar-refractivity contribution in [1.82, 2.24) is 5.32 Å². The number of amides is 1. The number of furan rings is 1. The number of rotatable bonds is 5. The van der Waals surface area contributed by atoms with E-state index in [1.54, 1.807) is 12.3 Å². The van der Waals surface area contributed by atoms with Gasteiger partial charge in [-0.2, -0.15) is 0 Å². The maximum atomic E-state index is 12.0. The molecule has 5 rings (SSSR count). The second kappa shape index (κ2) is 8.61. The van der Waals surface area contributed by atoms with Gasteiger partial charge < -0.3 is 19.7 Å². The summed E-state index contributed by atoms with van der Waals surface area (Å²) in [5.41, 5.74) is 1.45. The highest BCUT2D eigenvalue weighted by Crippen LogP contribution is 2.67. The molecular formula is C28H36N2O4. The Morgan fingerprint density at radius 1 is 1.26 bits per heavy atom. The van der Waals surface area contributed by atoms with Crippen molar-refractivity contribution in [2.45, 2.75) is 77.4 Å². The van der Waals surface area contributed by atoms with Gasteiger partial charge in [-0.15, -0.1) is 6.42 Å². The average Bonchev–Trinajstić information content (AvgIpc) is 3.44. The molecule has 6 heteroatoms. The molecular weight excluding hydrogens is 428 g/mol. The summed E-state index contributed by atoms with van der Waals surface area (Å²) >= 11 is 0. The van der Waals surface area contributed by atoms with Crippen molar-refractivity contribution in [2.24, 2.45) is 33.7 Å². The van der Waals surface area contributed by atoms with E-state index in [1.807, 2.05) is 6.07 Å². The largest absolute Gasteiger partial charge is 0.467 e. The van der Waals surface area contributed by atoms with E-state index in [0.717, 1.165) is 57.1 Å². The number of nitrogens with one attached hydrogen (secondary N) is 1. The molecule has 4 aliphatic rings. The van der Waals surface area contributed by atoms with Crippen LogP contribution in [0.3, 0.4) is 0 Å². The number of nitrogens with zero attached hydrogens (tertiary/aromatic N) is 1. The first-order chi connectivity index (χ1) is 16.3. The third kappa shape index (κ3) is 3.69. The lowest BCUT2D eigenvalue weighted by Gasteiger charge is -2.58. The molecule has 2 N–H and O–H groups in total. The summed E-state index contributed by atoms with van der Waals surface area (Å²) < 4.78 is 5.21. The summed E-state index contributed by atoms with van der Waals surface area (Å²) in [6.07, 6.45) is 17.6. The zero-order valence-electron chi connectivity index (χ0n) is 20.3. The molecule has 0 aromatic carbocycles. The molecule has 6 nitrogen and oxygen atoms in total. The van der Waals surface area contributed by atoms with Crippen LogP contribution in [-0.2, 0) is 16.2 Å². The molecule has 0 bridgehead atoms. The molecule has 0 saturated heterocycles. The van der Waals surface area contributed by atoms with Crippen LogP contribution < -0.4 is 5.32 Å². The van der Waals surface area contributed by atoms with Crippen LogP contribution in [0.1, 0.15) is 71.0 Å². The molecule has 0 unspecified atom stereocenters. The molecule has 0 spiro atoms. The second-order valence-corrected chi connectivity index (χ2v) is 11.2. The van der Waals surface area contributed by atoms with E-state index in [2.05, 4.69) is 36.3 Å². The van der Waals surface area contributed by atoms with Crippen molar-refractivity contribution in [2.75, 3.05) is 6.61 Å². The Labute approximate surface area is 202 Å². The Bertz CT molecular complexity index is 1040. The van der Waals surface area contributed by atoms with E-state index in [4.69, 9.17) is 15.7 Å². The normalized spacial score (nSPS) is 39.9. The zero-order valence-corrected chi connectivity index (χ0v) is 20.3. The Morgan fingerprint density at radius 2 is 2.09 bits per heavy atom. The van der Waals surface area contributed by atoms with Crippen molar-refractivity contribution in [3.8, 4) is 12.3 Å². The summed E-state index contributed by atoms with van der Waals surface area (Å²) in [5.74, 6) is 5.01. The molecule has 0 aliphatic heterocycles. The molecule has 3 saturated carbocycles. The van der Waals surface area contributed by atoms with Crippen molar-refractivity contribution in [1.29, 1.82) is 0 Å². The fourth-order valence-corrected chi connectivity index (χ4v) is 7.72. The first-order valence-corrected chi connectivity index (χ1v) is 12.7. The lowest BCUT2D eigenvalue weighted by atomic mass is 9.46. The average molecular weight is 465 g/mol. The number of fused-ring (bicyclic) bond motifs is 5. The van der Waals surface area contributed by atoms with Crippen LogP contribution in [0.5, 0.6) is 0 Å². The number of allylic oxidation sites excluding steroid dienone is 2. The maximum Gasteiger partial charge on any atom is 0.261 e. The number of carbonyl (C=O) groups is 1. The van der Waals surface area contributed by atoms with Crippen molar-refractivity contribution in [3.05, 3.63) is 35.8 Å². The highest BCUT2D eigenvalue weighted by Gasteiger charge is 2.63. The predicted octanol–water partition coefficient (Wildman–Crippen LogP) is 4.60. The lowest BCUT2D eigenvalue weighted by molar-refractivity contribution is -0.125. The highest BCUT2D eigenvalue weighted by atomic mass is 16.6. The van der Waals surface area contributed by atoms with E-state index in [-0.39, 0.29) is 23.3 Å². The first-order valence-electron chi connectivity index (χ1n) is 12.7. The summed E-state index contributed by atoms with van der Waals surface area (Å²) in [7, 11) is 0. The van der Waals surface area contributed by atoms with Gasteiger partial charge in [0.25, 0.3) is 5.91 Å². The second-order valence-electron chi connectivity index (χ2n) is 11.2. The van der Waals surface area contributed by atoms with E-state index in [9.17, 15) is 9.90 Å². The van der Waals surface area contributed by atoms with Gasteiger partial charge in [0.05, 0.1) is 18.5 Å². The predicted molar refractivity (Wildman–Crippen MR) is 129 cm³/mol. The van der Waals surface area contributed by atoms with Crippen molar-refractivity contribution >= 4 is 11.6 Å². The Kier molecular flexibility index (Phi) is 5.88. The van der Waals surface area contributed by atoms with Gasteiger partial charge in [0.15, 0.2) is 6.61 Å². The van der Waals surface area contributed by atoms with Gasteiger partial charge in [-0.05, 0) is 92.7 Å². The van der Waals surface area contributed by atoms with Crippen LogP contribution in [-0.4, -0.2) is 28.9 Å². The van der Waals surface area contributed by atoms with Crippen LogP contribution in [0.4, 0.5) is 0 Å². The minimum Gasteiger partial charge on any atom is -0.467 e. The summed E-state index contributed by atoms with van der Waals surface area (Å²) in [5, 5.41) is 18.2. The fourth-order valence-electron chi connectivity index (χ4n) is 7.72. The van der Waals surface area contributed by atoms with Crippen molar-refractivity contribution in [3.63, 3.8) is 0 Å². The van der Waals surface area contributed by atoms with Crippen LogP contribution in [0.25, 0.3) is 0 Å².